The number of methoxy groups -OCH3 is 2. The van der Waals surface area contributed by atoms with Crippen molar-refractivity contribution in [3.63, 3.8) is 0 Å². The number of hydrogen-bond acceptors (Lipinski definition) is 4. The molecule has 6 nitrogen and oxygen atoms in total. The summed E-state index contributed by atoms with van der Waals surface area (Å²) >= 11 is 23.4. The van der Waals surface area contributed by atoms with Gasteiger partial charge in [0.25, 0.3) is 0 Å². The topological polar surface area (TPSA) is 71.6 Å². The van der Waals surface area contributed by atoms with Crippen LogP contribution in [0.3, 0.4) is 0 Å². The fourth-order valence-electron chi connectivity index (χ4n) is 2.52. The Morgan fingerprint density at radius 1 is 1.10 bits per heavy atom. The van der Waals surface area contributed by atoms with Crippen LogP contribution in [0.25, 0.3) is 0 Å². The largest absolute Gasteiger partial charge is 0.497 e. The zero-order valence-electron chi connectivity index (χ0n) is 16.8. The summed E-state index contributed by atoms with van der Waals surface area (Å²) < 4.78 is 8.70. The molecular formula is C19H28Cl3N3O3S. The van der Waals surface area contributed by atoms with Crippen LogP contribution in [-0.2, 0) is 4.79 Å². The van der Waals surface area contributed by atoms with Gasteiger partial charge in [-0.25, -0.2) is 0 Å². The number of hydrogen-bond donors (Lipinski definition) is 3. The van der Waals surface area contributed by atoms with E-state index in [0.717, 1.165) is 32.1 Å². The first-order chi connectivity index (χ1) is 13.7. The number of benzene rings is 1. The minimum absolute atomic E-state index is 0.149. The standard InChI is InChI=1S/C19H28Cl3N3O3S/c1-4-5-6-7-8-9-16(26)24-17(19(20,21)22)25-18(29)23-14-12-13(27-2)10-11-15(14)28-3/h10-12,17H,4-9H2,1-3H3,(H,24,26)(H2,23,25,29)/t17-/m1/s1. The van der Waals surface area contributed by atoms with Crippen molar-refractivity contribution in [2.24, 2.45) is 0 Å². The van der Waals surface area contributed by atoms with E-state index in [1.807, 2.05) is 0 Å². The lowest BCUT2D eigenvalue weighted by Gasteiger charge is -2.28. The number of carbonyl (C=O) groups is 1. The van der Waals surface area contributed by atoms with Gasteiger partial charge in [-0.3, -0.25) is 4.79 Å². The minimum Gasteiger partial charge on any atom is -0.497 e. The molecule has 1 amide bonds. The van der Waals surface area contributed by atoms with Crippen molar-refractivity contribution in [2.45, 2.75) is 55.4 Å². The molecular weight excluding hydrogens is 457 g/mol. The van der Waals surface area contributed by atoms with Crippen molar-refractivity contribution in [2.75, 3.05) is 19.5 Å². The number of nitrogens with one attached hydrogen (secondary N) is 3. The van der Waals surface area contributed by atoms with Gasteiger partial charge in [0.15, 0.2) is 5.11 Å². The molecule has 1 aromatic carbocycles. The Morgan fingerprint density at radius 3 is 2.38 bits per heavy atom. The van der Waals surface area contributed by atoms with E-state index in [4.69, 9.17) is 56.5 Å². The van der Waals surface area contributed by atoms with Gasteiger partial charge < -0.3 is 25.4 Å². The van der Waals surface area contributed by atoms with E-state index in [9.17, 15) is 4.79 Å². The highest BCUT2D eigenvalue weighted by molar-refractivity contribution is 7.80. The van der Waals surface area contributed by atoms with Crippen LogP contribution in [0.5, 0.6) is 11.5 Å². The molecule has 1 atom stereocenters. The molecule has 164 valence electrons. The van der Waals surface area contributed by atoms with Crippen LogP contribution in [0.4, 0.5) is 5.69 Å². The molecule has 0 unspecified atom stereocenters. The number of carbonyl (C=O) groups excluding carboxylic acids is 1. The van der Waals surface area contributed by atoms with E-state index < -0.39 is 9.96 Å². The Morgan fingerprint density at radius 2 is 1.79 bits per heavy atom. The molecule has 29 heavy (non-hydrogen) atoms. The summed E-state index contributed by atoms with van der Waals surface area (Å²) in [6, 6.07) is 5.20. The van der Waals surface area contributed by atoms with Crippen molar-refractivity contribution in [1.82, 2.24) is 10.6 Å². The van der Waals surface area contributed by atoms with E-state index in [-0.39, 0.29) is 11.0 Å². The van der Waals surface area contributed by atoms with Crippen LogP contribution < -0.4 is 25.4 Å². The van der Waals surface area contributed by atoms with Gasteiger partial charge in [-0.2, -0.15) is 0 Å². The molecule has 3 N–H and O–H groups in total. The van der Waals surface area contributed by atoms with E-state index in [1.54, 1.807) is 25.3 Å². The monoisotopic (exact) mass is 483 g/mol. The van der Waals surface area contributed by atoms with Crippen molar-refractivity contribution in [1.29, 1.82) is 0 Å². The molecule has 0 bridgehead atoms. The van der Waals surface area contributed by atoms with Crippen molar-refractivity contribution >= 4 is 63.7 Å². The Balaban J connectivity index is 2.69. The lowest BCUT2D eigenvalue weighted by atomic mass is 10.1. The summed E-state index contributed by atoms with van der Waals surface area (Å²) in [5, 5.41) is 8.63. The summed E-state index contributed by atoms with van der Waals surface area (Å²) in [6.07, 6.45) is 4.53. The number of ether oxygens (including phenoxy) is 2. The number of anilines is 1. The first-order valence-electron chi connectivity index (χ1n) is 9.36. The molecule has 0 spiro atoms. The molecule has 1 rings (SSSR count). The molecule has 0 fully saturated rings. The first-order valence-corrected chi connectivity index (χ1v) is 10.9. The highest BCUT2D eigenvalue weighted by Crippen LogP contribution is 2.31. The van der Waals surface area contributed by atoms with E-state index in [2.05, 4.69) is 22.9 Å². The molecule has 0 aliphatic rings. The normalized spacial score (nSPS) is 12.1. The van der Waals surface area contributed by atoms with Gasteiger partial charge in [0, 0.05) is 12.5 Å². The van der Waals surface area contributed by atoms with Crippen LogP contribution in [0.2, 0.25) is 0 Å². The Bertz CT molecular complexity index is 672. The summed E-state index contributed by atoms with van der Waals surface area (Å²) in [7, 11) is 3.09. The van der Waals surface area contributed by atoms with Crippen LogP contribution in [0, 0.1) is 0 Å². The number of halogens is 3. The minimum atomic E-state index is -1.80. The smallest absolute Gasteiger partial charge is 0.228 e. The number of alkyl halides is 3. The summed E-state index contributed by atoms with van der Waals surface area (Å²) in [6.45, 7) is 2.14. The van der Waals surface area contributed by atoms with Gasteiger partial charge in [0.2, 0.25) is 9.70 Å². The molecule has 0 saturated carbocycles. The fraction of sp³-hybridized carbons (Fsp3) is 0.579. The highest BCUT2D eigenvalue weighted by Gasteiger charge is 2.34. The second-order valence-electron chi connectivity index (χ2n) is 6.37. The van der Waals surface area contributed by atoms with Gasteiger partial charge >= 0.3 is 0 Å². The van der Waals surface area contributed by atoms with Crippen LogP contribution in [-0.4, -0.2) is 35.2 Å². The average molecular weight is 485 g/mol. The Labute approximate surface area is 192 Å². The molecule has 0 heterocycles. The molecule has 0 aliphatic heterocycles. The van der Waals surface area contributed by atoms with Gasteiger partial charge in [0.1, 0.15) is 17.7 Å². The van der Waals surface area contributed by atoms with Crippen LogP contribution >= 0.6 is 47.0 Å². The molecule has 0 aromatic heterocycles. The van der Waals surface area contributed by atoms with Gasteiger partial charge in [0.05, 0.1) is 19.9 Å². The summed E-state index contributed by atoms with van der Waals surface area (Å²) in [4.78, 5) is 12.2. The third kappa shape index (κ3) is 9.94. The van der Waals surface area contributed by atoms with Crippen LogP contribution in [0.1, 0.15) is 45.4 Å². The third-order valence-corrected chi connectivity index (χ3v) is 4.94. The highest BCUT2D eigenvalue weighted by atomic mass is 35.6. The van der Waals surface area contributed by atoms with Crippen molar-refractivity contribution in [3.8, 4) is 11.5 Å². The maximum atomic E-state index is 12.2. The maximum absolute atomic E-state index is 12.2. The molecule has 1 aromatic rings. The number of rotatable bonds is 11. The molecule has 0 saturated heterocycles. The van der Waals surface area contributed by atoms with E-state index in [1.165, 1.54) is 7.11 Å². The van der Waals surface area contributed by atoms with Crippen molar-refractivity contribution < 1.29 is 14.3 Å². The maximum Gasteiger partial charge on any atom is 0.228 e. The first kappa shape index (κ1) is 25.9. The SMILES string of the molecule is CCCCCCCC(=O)N[C@H](NC(=S)Nc1cc(OC)ccc1OC)C(Cl)(Cl)Cl. The zero-order valence-corrected chi connectivity index (χ0v) is 19.9. The average Bonchev–Trinajstić information content (AvgIpc) is 2.66. The van der Waals surface area contributed by atoms with Crippen molar-refractivity contribution in [3.05, 3.63) is 18.2 Å². The Kier molecular flexibility index (Phi) is 11.8. The number of unbranched alkanes of at least 4 members (excludes halogenated alkanes) is 4. The quantitative estimate of drug-likeness (QED) is 0.174. The Hall–Kier alpha value is -1.15. The van der Waals surface area contributed by atoms with E-state index in [0.29, 0.717) is 23.6 Å². The van der Waals surface area contributed by atoms with Gasteiger partial charge in [-0.1, -0.05) is 67.4 Å². The zero-order chi connectivity index (χ0) is 21.9. The summed E-state index contributed by atoms with van der Waals surface area (Å²) in [5.41, 5.74) is 0.565. The lowest BCUT2D eigenvalue weighted by Crippen LogP contribution is -2.56. The lowest BCUT2D eigenvalue weighted by molar-refractivity contribution is -0.122. The van der Waals surface area contributed by atoms with E-state index >= 15 is 0 Å². The predicted octanol–water partition coefficient (Wildman–Crippen LogP) is 5.16. The number of thiocarbonyl (C=S) groups is 1. The predicted molar refractivity (Wildman–Crippen MR) is 124 cm³/mol. The fourth-order valence-corrected chi connectivity index (χ4v) is 3.08. The van der Waals surface area contributed by atoms with Crippen LogP contribution in [0.15, 0.2) is 18.2 Å². The molecule has 10 heteroatoms. The number of amides is 1. The van der Waals surface area contributed by atoms with Gasteiger partial charge in [-0.05, 0) is 30.8 Å². The van der Waals surface area contributed by atoms with Gasteiger partial charge in [-0.15, -0.1) is 0 Å². The molecule has 0 aliphatic carbocycles. The summed E-state index contributed by atoms with van der Waals surface area (Å²) in [5.74, 6) is 0.953. The second-order valence-corrected chi connectivity index (χ2v) is 9.15. The second kappa shape index (κ2) is 13.2. The molecule has 0 radical (unpaired) electrons. The third-order valence-electron chi connectivity index (χ3n) is 4.07.